The van der Waals surface area contributed by atoms with Crippen molar-refractivity contribution in [1.29, 1.82) is 0 Å². The van der Waals surface area contributed by atoms with Gasteiger partial charge in [0.25, 0.3) is 0 Å². The van der Waals surface area contributed by atoms with Crippen LogP contribution in [0.2, 0.25) is 0 Å². The zero-order valence-corrected chi connectivity index (χ0v) is 16.2. The first-order chi connectivity index (χ1) is 14.1. The van der Waals surface area contributed by atoms with Gasteiger partial charge in [-0.15, -0.1) is 0 Å². The predicted octanol–water partition coefficient (Wildman–Crippen LogP) is 2.11. The van der Waals surface area contributed by atoms with E-state index in [1.54, 1.807) is 0 Å². The van der Waals surface area contributed by atoms with E-state index in [0.717, 1.165) is 16.7 Å². The van der Waals surface area contributed by atoms with Crippen molar-refractivity contribution in [2.24, 2.45) is 7.05 Å². The first kappa shape index (κ1) is 20.9. The maximum Gasteiger partial charge on any atom is 0.416 e. The molecule has 30 heavy (non-hydrogen) atoms. The molecule has 0 bridgehead atoms. The number of aryl methyl sites for hydroxylation is 1. The molecule has 0 fully saturated rings. The number of fused-ring (bicyclic) bond motifs is 1. The Labute approximate surface area is 168 Å². The van der Waals surface area contributed by atoms with Crippen LogP contribution in [0.15, 0.2) is 35.3 Å². The lowest BCUT2D eigenvalue weighted by Crippen LogP contribution is -2.35. The van der Waals surface area contributed by atoms with Crippen LogP contribution >= 0.6 is 0 Å². The van der Waals surface area contributed by atoms with Gasteiger partial charge in [-0.3, -0.25) is 4.57 Å². The highest BCUT2D eigenvalue weighted by molar-refractivity contribution is 5.86. The van der Waals surface area contributed by atoms with Crippen molar-refractivity contribution in [2.45, 2.75) is 6.18 Å². The van der Waals surface area contributed by atoms with Gasteiger partial charge in [-0.1, -0.05) is 5.92 Å². The van der Waals surface area contributed by atoms with E-state index in [1.807, 2.05) is 0 Å². The van der Waals surface area contributed by atoms with Crippen molar-refractivity contribution in [3.05, 3.63) is 52.3 Å². The number of carbonyl (C=O) groups excluding carboxylic acids is 1. The third-order valence-electron chi connectivity index (χ3n) is 4.07. The molecule has 0 spiro atoms. The van der Waals surface area contributed by atoms with E-state index in [2.05, 4.69) is 21.8 Å². The quantitative estimate of drug-likeness (QED) is 0.595. The number of carbonyl (C=O) groups is 1. The van der Waals surface area contributed by atoms with Crippen LogP contribution in [0.1, 0.15) is 11.4 Å². The molecule has 2 aromatic heterocycles. The molecule has 11 heteroatoms. The summed E-state index contributed by atoms with van der Waals surface area (Å²) in [6.45, 7) is -0.120. The molecule has 3 rings (SSSR count). The van der Waals surface area contributed by atoms with Crippen LogP contribution in [0.5, 0.6) is 5.75 Å². The minimum atomic E-state index is -4.42. The van der Waals surface area contributed by atoms with Gasteiger partial charge in [-0.25, -0.2) is 19.6 Å². The zero-order valence-electron chi connectivity index (χ0n) is 16.2. The highest BCUT2D eigenvalue weighted by Crippen LogP contribution is 2.30. The summed E-state index contributed by atoms with van der Waals surface area (Å²) in [5.74, 6) is 5.57. The Bertz CT molecular complexity index is 1210. The van der Waals surface area contributed by atoms with Crippen molar-refractivity contribution >= 4 is 17.2 Å². The molecule has 0 N–H and O–H groups in total. The maximum atomic E-state index is 12.6. The normalized spacial score (nSPS) is 11.1. The number of halogens is 3. The smallest absolute Gasteiger partial charge is 0.416 e. The van der Waals surface area contributed by atoms with Gasteiger partial charge >= 0.3 is 17.9 Å². The van der Waals surface area contributed by atoms with Gasteiger partial charge in [0.1, 0.15) is 17.9 Å². The van der Waals surface area contributed by atoms with Crippen molar-refractivity contribution < 1.29 is 22.7 Å². The summed E-state index contributed by atoms with van der Waals surface area (Å²) in [7, 11) is 4.51. The van der Waals surface area contributed by atoms with Gasteiger partial charge in [0.2, 0.25) is 5.82 Å². The van der Waals surface area contributed by atoms with E-state index in [9.17, 15) is 22.8 Å². The highest BCUT2D eigenvalue weighted by atomic mass is 19.4. The first-order valence-electron chi connectivity index (χ1n) is 8.54. The molecule has 8 nitrogen and oxygen atoms in total. The standard InChI is InChI=1S/C19H16F3N5O3/c1-25(2)17(28)27-16-14(26(3)18(27)29)11-23-15(24-16)5-4-10-30-13-8-6-12(7-9-13)19(20,21)22/h6-9,11H,10H2,1-3H3. The fourth-order valence-corrected chi connectivity index (χ4v) is 2.52. The predicted molar refractivity (Wildman–Crippen MR) is 101 cm³/mol. The molecule has 1 amide bonds. The Morgan fingerprint density at radius 1 is 1.23 bits per heavy atom. The summed E-state index contributed by atoms with van der Waals surface area (Å²) in [4.78, 5) is 34.1. The first-order valence-corrected chi connectivity index (χ1v) is 8.54. The molecule has 0 atom stereocenters. The van der Waals surface area contributed by atoms with E-state index < -0.39 is 23.5 Å². The molecule has 3 aromatic rings. The number of amides is 1. The van der Waals surface area contributed by atoms with Crippen LogP contribution in [-0.4, -0.2) is 50.7 Å². The highest BCUT2D eigenvalue weighted by Gasteiger charge is 2.30. The Kier molecular flexibility index (Phi) is 5.51. The van der Waals surface area contributed by atoms with Crippen molar-refractivity contribution in [3.63, 3.8) is 0 Å². The van der Waals surface area contributed by atoms with Crippen molar-refractivity contribution in [2.75, 3.05) is 20.7 Å². The van der Waals surface area contributed by atoms with E-state index in [-0.39, 0.29) is 23.8 Å². The van der Waals surface area contributed by atoms with Crippen LogP contribution in [0.4, 0.5) is 18.0 Å². The Morgan fingerprint density at radius 2 is 1.90 bits per heavy atom. The summed E-state index contributed by atoms with van der Waals surface area (Å²) in [6, 6.07) is 3.66. The van der Waals surface area contributed by atoms with Gasteiger partial charge in [0.05, 0.1) is 11.8 Å². The maximum absolute atomic E-state index is 12.6. The average molecular weight is 419 g/mol. The summed E-state index contributed by atoms with van der Waals surface area (Å²) in [6.07, 6.45) is -3.04. The zero-order chi connectivity index (χ0) is 22.1. The number of imidazole rings is 1. The molecule has 156 valence electrons. The molecule has 1 aromatic carbocycles. The van der Waals surface area contributed by atoms with Crippen molar-refractivity contribution in [3.8, 4) is 17.6 Å². The van der Waals surface area contributed by atoms with Crippen LogP contribution in [-0.2, 0) is 13.2 Å². The Hall–Kier alpha value is -3.81. The number of benzene rings is 1. The van der Waals surface area contributed by atoms with Crippen molar-refractivity contribution in [1.82, 2.24) is 24.0 Å². The van der Waals surface area contributed by atoms with Gasteiger partial charge in [0, 0.05) is 21.1 Å². The number of rotatable bonds is 2. The number of aromatic nitrogens is 4. The summed E-state index contributed by atoms with van der Waals surface area (Å²) < 4.78 is 45.1. The van der Waals surface area contributed by atoms with E-state index in [0.29, 0.717) is 5.52 Å². The van der Waals surface area contributed by atoms with Crippen LogP contribution in [0.3, 0.4) is 0 Å². The lowest BCUT2D eigenvalue weighted by Gasteiger charge is -2.09. The number of hydrogen-bond acceptors (Lipinski definition) is 5. The summed E-state index contributed by atoms with van der Waals surface area (Å²) in [5.41, 5.74) is -0.858. The molecule has 0 aliphatic carbocycles. The second-order valence-corrected chi connectivity index (χ2v) is 6.37. The van der Waals surface area contributed by atoms with Gasteiger partial charge in [-0.2, -0.15) is 17.7 Å². The van der Waals surface area contributed by atoms with Gasteiger partial charge < -0.3 is 9.64 Å². The second kappa shape index (κ2) is 7.90. The third kappa shape index (κ3) is 4.12. The molecule has 0 radical (unpaired) electrons. The van der Waals surface area contributed by atoms with E-state index >= 15 is 0 Å². The fourth-order valence-electron chi connectivity index (χ4n) is 2.52. The van der Waals surface area contributed by atoms with E-state index in [1.165, 1.54) is 48.9 Å². The largest absolute Gasteiger partial charge is 0.481 e. The number of ether oxygens (including phenoxy) is 1. The second-order valence-electron chi connectivity index (χ2n) is 6.37. The molecule has 0 aliphatic rings. The van der Waals surface area contributed by atoms with Gasteiger partial charge in [-0.05, 0) is 30.2 Å². The van der Waals surface area contributed by atoms with E-state index in [4.69, 9.17) is 4.74 Å². The fraction of sp³-hybridized carbons (Fsp3) is 0.263. The number of alkyl halides is 3. The monoisotopic (exact) mass is 419 g/mol. The summed E-state index contributed by atoms with van der Waals surface area (Å²) in [5, 5.41) is 0. The molecule has 0 aliphatic heterocycles. The van der Waals surface area contributed by atoms with Gasteiger partial charge in [0.15, 0.2) is 5.65 Å². The van der Waals surface area contributed by atoms with Crippen LogP contribution in [0, 0.1) is 11.8 Å². The van der Waals surface area contributed by atoms with Crippen LogP contribution < -0.4 is 10.4 Å². The molecular formula is C19H16F3N5O3. The molecule has 0 unspecified atom stereocenters. The third-order valence-corrected chi connectivity index (χ3v) is 4.07. The number of nitrogens with zero attached hydrogens (tertiary/aromatic N) is 5. The topological polar surface area (TPSA) is 82.2 Å². The minimum Gasteiger partial charge on any atom is -0.481 e. The molecule has 0 saturated carbocycles. The SMILES string of the molecule is CN(C)C(=O)n1c(=O)n(C)c2cnc(C#CCOc3ccc(C(F)(F)F)cc3)nc21. The Morgan fingerprint density at radius 3 is 2.50 bits per heavy atom. The molecule has 0 saturated heterocycles. The van der Waals surface area contributed by atoms with Crippen LogP contribution in [0.25, 0.3) is 11.2 Å². The lowest BCUT2D eigenvalue weighted by molar-refractivity contribution is -0.137. The molecule has 2 heterocycles. The summed E-state index contributed by atoms with van der Waals surface area (Å²) >= 11 is 0. The minimum absolute atomic E-state index is 0.0597. The molecular weight excluding hydrogens is 403 g/mol. The lowest BCUT2D eigenvalue weighted by atomic mass is 10.2. The number of hydrogen-bond donors (Lipinski definition) is 0. The average Bonchev–Trinajstić information content (AvgIpc) is 2.94. The Balaban J connectivity index is 1.79.